The average molecular weight is 380 g/mol. The third-order valence-electron chi connectivity index (χ3n) is 4.86. The number of anilines is 2. The minimum absolute atomic E-state index is 0.00287. The van der Waals surface area contributed by atoms with Gasteiger partial charge in [0.1, 0.15) is 5.75 Å². The lowest BCUT2D eigenvalue weighted by Gasteiger charge is -2.26. The van der Waals surface area contributed by atoms with Gasteiger partial charge in [-0.1, -0.05) is 12.1 Å². The van der Waals surface area contributed by atoms with Crippen molar-refractivity contribution < 1.29 is 19.1 Å². The predicted molar refractivity (Wildman–Crippen MR) is 108 cm³/mol. The first-order valence-electron chi connectivity index (χ1n) is 9.34. The summed E-state index contributed by atoms with van der Waals surface area (Å²) in [6.07, 6.45) is 0.238. The largest absolute Gasteiger partial charge is 0.482 e. The lowest BCUT2D eigenvalue weighted by atomic mass is 10.0. The summed E-state index contributed by atoms with van der Waals surface area (Å²) in [5, 5.41) is 0. The van der Waals surface area contributed by atoms with Crippen LogP contribution in [0.15, 0.2) is 42.5 Å². The second-order valence-electron chi connectivity index (χ2n) is 6.82. The van der Waals surface area contributed by atoms with E-state index in [9.17, 15) is 14.4 Å². The molecule has 1 heterocycles. The number of fused-ring (bicyclic) bond motifs is 1. The summed E-state index contributed by atoms with van der Waals surface area (Å²) in [7, 11) is 1.66. The number of carbonyl (C=O) groups is 3. The molecule has 0 N–H and O–H groups in total. The number of ether oxygens (including phenoxy) is 1. The normalized spacial score (nSPS) is 13.0. The molecule has 0 radical (unpaired) electrons. The molecule has 2 aromatic rings. The van der Waals surface area contributed by atoms with Gasteiger partial charge in [-0.05, 0) is 49.7 Å². The molecule has 2 aromatic carbocycles. The van der Waals surface area contributed by atoms with E-state index in [2.05, 4.69) is 0 Å². The van der Waals surface area contributed by atoms with Crippen LogP contribution in [-0.2, 0) is 9.59 Å². The highest BCUT2D eigenvalue weighted by molar-refractivity contribution is 6.03. The molecule has 28 heavy (non-hydrogen) atoms. The molecule has 0 bridgehead atoms. The number of nitrogens with zero attached hydrogens (tertiary/aromatic N) is 2. The summed E-state index contributed by atoms with van der Waals surface area (Å²) in [6, 6.07) is 12.8. The van der Waals surface area contributed by atoms with Crippen molar-refractivity contribution in [1.82, 2.24) is 0 Å². The summed E-state index contributed by atoms with van der Waals surface area (Å²) in [5.41, 5.74) is 2.96. The number of hydrogen-bond acceptors (Lipinski definition) is 4. The Hall–Kier alpha value is -3.15. The molecule has 0 spiro atoms. The van der Waals surface area contributed by atoms with Crippen LogP contribution in [0.3, 0.4) is 0 Å². The van der Waals surface area contributed by atoms with Crippen LogP contribution >= 0.6 is 0 Å². The van der Waals surface area contributed by atoms with Gasteiger partial charge in [-0.15, -0.1) is 0 Å². The third kappa shape index (κ3) is 4.06. The zero-order valence-electron chi connectivity index (χ0n) is 16.4. The summed E-state index contributed by atoms with van der Waals surface area (Å²) in [5.74, 6) is 0.188. The van der Waals surface area contributed by atoms with Gasteiger partial charge in [-0.25, -0.2) is 0 Å². The number of hydrogen-bond donors (Lipinski definition) is 0. The van der Waals surface area contributed by atoms with Crippen molar-refractivity contribution in [2.75, 3.05) is 30.0 Å². The Bertz CT molecular complexity index is 923. The number of likely N-dealkylation sites (N-methyl/N-ethyl adjacent to an activating group) is 1. The Morgan fingerprint density at radius 3 is 2.64 bits per heavy atom. The molecular formula is C22H24N2O4. The van der Waals surface area contributed by atoms with Crippen LogP contribution in [0.1, 0.15) is 35.7 Å². The van der Waals surface area contributed by atoms with E-state index >= 15 is 0 Å². The fourth-order valence-corrected chi connectivity index (χ4v) is 3.24. The minimum atomic E-state index is -0.163. The monoisotopic (exact) mass is 380 g/mol. The van der Waals surface area contributed by atoms with Gasteiger partial charge >= 0.3 is 0 Å². The van der Waals surface area contributed by atoms with Crippen LogP contribution in [0, 0.1) is 6.92 Å². The van der Waals surface area contributed by atoms with Crippen LogP contribution in [0.5, 0.6) is 5.75 Å². The first-order chi connectivity index (χ1) is 13.4. The molecule has 146 valence electrons. The molecule has 2 amide bonds. The number of rotatable bonds is 6. The van der Waals surface area contributed by atoms with Gasteiger partial charge in [-0.2, -0.15) is 0 Å². The van der Waals surface area contributed by atoms with Gasteiger partial charge in [0.05, 0.1) is 5.69 Å². The van der Waals surface area contributed by atoms with Gasteiger partial charge in [0.15, 0.2) is 12.4 Å². The van der Waals surface area contributed by atoms with E-state index in [1.54, 1.807) is 30.1 Å². The summed E-state index contributed by atoms with van der Waals surface area (Å²) >= 11 is 0. The van der Waals surface area contributed by atoms with Gasteiger partial charge in [0.2, 0.25) is 5.91 Å². The first kappa shape index (κ1) is 19.6. The van der Waals surface area contributed by atoms with Crippen LogP contribution in [-0.4, -0.2) is 37.8 Å². The Morgan fingerprint density at radius 2 is 1.93 bits per heavy atom. The zero-order valence-corrected chi connectivity index (χ0v) is 16.4. The summed E-state index contributed by atoms with van der Waals surface area (Å²) < 4.78 is 5.38. The van der Waals surface area contributed by atoms with E-state index in [0.29, 0.717) is 23.5 Å². The number of carbonyl (C=O) groups excluding carboxylic acids is 3. The van der Waals surface area contributed by atoms with Crippen LogP contribution in [0.2, 0.25) is 0 Å². The Balaban J connectivity index is 1.68. The quantitative estimate of drug-likeness (QED) is 0.721. The predicted octanol–water partition coefficient (Wildman–Crippen LogP) is 3.37. The van der Waals surface area contributed by atoms with E-state index in [-0.39, 0.29) is 37.0 Å². The fraction of sp³-hybridized carbons (Fsp3) is 0.318. The van der Waals surface area contributed by atoms with Crippen molar-refractivity contribution in [3.63, 3.8) is 0 Å². The molecule has 0 aromatic heterocycles. The van der Waals surface area contributed by atoms with Crippen LogP contribution < -0.4 is 14.5 Å². The highest BCUT2D eigenvalue weighted by Crippen LogP contribution is 2.32. The van der Waals surface area contributed by atoms with E-state index < -0.39 is 0 Å². The Morgan fingerprint density at radius 1 is 1.14 bits per heavy atom. The van der Waals surface area contributed by atoms with Gasteiger partial charge in [0, 0.05) is 37.7 Å². The Kier molecular flexibility index (Phi) is 5.78. The van der Waals surface area contributed by atoms with Crippen molar-refractivity contribution in [2.24, 2.45) is 0 Å². The molecule has 6 heteroatoms. The lowest BCUT2D eigenvalue weighted by Crippen LogP contribution is -2.35. The van der Waals surface area contributed by atoms with Crippen molar-refractivity contribution in [2.45, 2.75) is 26.7 Å². The molecule has 0 unspecified atom stereocenters. The maximum atomic E-state index is 12.7. The molecular weight excluding hydrogens is 356 g/mol. The lowest BCUT2D eigenvalue weighted by molar-refractivity contribution is -0.121. The number of aryl methyl sites for hydroxylation is 1. The van der Waals surface area contributed by atoms with Crippen LogP contribution in [0.4, 0.5) is 11.4 Å². The molecule has 0 atom stereocenters. The van der Waals surface area contributed by atoms with Gasteiger partial charge in [-0.3, -0.25) is 14.4 Å². The maximum absolute atomic E-state index is 12.7. The second-order valence-corrected chi connectivity index (χ2v) is 6.82. The molecule has 1 aliphatic heterocycles. The zero-order chi connectivity index (χ0) is 20.3. The average Bonchev–Trinajstić information content (AvgIpc) is 2.69. The van der Waals surface area contributed by atoms with Crippen molar-refractivity contribution >= 4 is 29.0 Å². The summed E-state index contributed by atoms with van der Waals surface area (Å²) in [4.78, 5) is 40.2. The second kappa shape index (κ2) is 8.25. The first-order valence-corrected chi connectivity index (χ1v) is 9.34. The molecule has 6 nitrogen and oxygen atoms in total. The Labute approximate surface area is 164 Å². The number of Topliss-reactive ketones (excluding diaryl/α,β-unsaturated/α-hetero) is 1. The molecule has 0 saturated heterocycles. The number of benzene rings is 2. The minimum Gasteiger partial charge on any atom is -0.482 e. The molecule has 0 aliphatic carbocycles. The van der Waals surface area contributed by atoms with E-state index in [1.165, 1.54) is 4.90 Å². The molecule has 0 fully saturated rings. The highest BCUT2D eigenvalue weighted by Gasteiger charge is 2.24. The topological polar surface area (TPSA) is 66.9 Å². The van der Waals surface area contributed by atoms with E-state index in [0.717, 1.165) is 11.3 Å². The molecule has 1 aliphatic rings. The van der Waals surface area contributed by atoms with Crippen molar-refractivity contribution in [3.8, 4) is 5.75 Å². The van der Waals surface area contributed by atoms with E-state index in [1.807, 2.05) is 38.1 Å². The smallest absolute Gasteiger partial charge is 0.264 e. The van der Waals surface area contributed by atoms with E-state index in [4.69, 9.17) is 4.74 Å². The van der Waals surface area contributed by atoms with Gasteiger partial charge < -0.3 is 14.5 Å². The standard InChI is InChI=1S/C22H24N2O4/c1-4-24(17-7-5-6-15(2)12-17)21(26)11-9-19(25)16-8-10-20-18(13-16)23(3)22(27)14-28-20/h5-8,10,12-13H,4,9,11,14H2,1-3H3. The van der Waals surface area contributed by atoms with Crippen molar-refractivity contribution in [3.05, 3.63) is 53.6 Å². The maximum Gasteiger partial charge on any atom is 0.264 e. The number of ketones is 1. The summed E-state index contributed by atoms with van der Waals surface area (Å²) in [6.45, 7) is 4.43. The highest BCUT2D eigenvalue weighted by atomic mass is 16.5. The van der Waals surface area contributed by atoms with Gasteiger partial charge in [0.25, 0.3) is 5.91 Å². The fourth-order valence-electron chi connectivity index (χ4n) is 3.24. The molecule has 0 saturated carbocycles. The molecule has 3 rings (SSSR count). The third-order valence-corrected chi connectivity index (χ3v) is 4.86. The number of amides is 2. The van der Waals surface area contributed by atoms with Crippen molar-refractivity contribution in [1.29, 1.82) is 0 Å². The van der Waals surface area contributed by atoms with Crippen LogP contribution in [0.25, 0.3) is 0 Å². The SMILES string of the molecule is CCN(C(=O)CCC(=O)c1ccc2c(c1)N(C)C(=O)CO2)c1cccc(C)c1.